The molecule has 0 saturated heterocycles. The number of fused-ring (bicyclic) bond motifs is 1. The molecule has 7 heteroatoms. The van der Waals surface area contributed by atoms with E-state index in [1.807, 2.05) is 37.3 Å². The highest BCUT2D eigenvalue weighted by atomic mass is 35.5. The fraction of sp³-hybridized carbons (Fsp3) is 0.273. The molecule has 1 N–H and O–H groups in total. The molecule has 0 atom stereocenters. The van der Waals surface area contributed by atoms with Crippen LogP contribution in [0.1, 0.15) is 23.7 Å². The van der Waals surface area contributed by atoms with Crippen LogP contribution in [0.25, 0.3) is 10.9 Å². The van der Waals surface area contributed by atoms with Crippen molar-refractivity contribution in [1.82, 2.24) is 4.57 Å². The Kier molecular flexibility index (Phi) is 6.56. The van der Waals surface area contributed by atoms with E-state index in [0.29, 0.717) is 34.6 Å². The predicted molar refractivity (Wildman–Crippen MR) is 115 cm³/mol. The lowest BCUT2D eigenvalue weighted by Crippen LogP contribution is -2.37. The number of nitrogens with zero attached hydrogens (tertiary/aromatic N) is 2. The highest BCUT2D eigenvalue weighted by Gasteiger charge is 2.28. The second kappa shape index (κ2) is 9.11. The number of rotatable bonds is 7. The standard InChI is InChI=1S/C22H23ClN2O4/c1-3-25(15-9-5-4-6-10-15)22(28)19-20(29-14-8-13-26)18-16(23)11-7-12-17(18)24(2)21(19)27/h4-7,9-12,26H,3,8,13-14H2,1-2H3. The molecule has 3 rings (SSSR count). The summed E-state index contributed by atoms with van der Waals surface area (Å²) in [7, 11) is 1.61. The molecule has 0 aliphatic carbocycles. The van der Waals surface area contributed by atoms with Crippen molar-refractivity contribution in [3.05, 3.63) is 69.5 Å². The van der Waals surface area contributed by atoms with Crippen LogP contribution in [0.4, 0.5) is 5.69 Å². The molecular weight excluding hydrogens is 392 g/mol. The quantitative estimate of drug-likeness (QED) is 0.599. The van der Waals surface area contributed by atoms with Gasteiger partial charge in [0.1, 0.15) is 11.3 Å². The zero-order valence-corrected chi connectivity index (χ0v) is 17.1. The van der Waals surface area contributed by atoms with Crippen LogP contribution in [0, 0.1) is 0 Å². The number of carbonyl (C=O) groups is 1. The Hall–Kier alpha value is -2.83. The molecule has 3 aromatic rings. The number of carbonyl (C=O) groups excluding carboxylic acids is 1. The molecule has 1 amide bonds. The van der Waals surface area contributed by atoms with E-state index in [4.69, 9.17) is 21.4 Å². The number of benzene rings is 2. The molecule has 0 fully saturated rings. The first-order chi connectivity index (χ1) is 14.0. The summed E-state index contributed by atoms with van der Waals surface area (Å²) in [4.78, 5) is 28.2. The highest BCUT2D eigenvalue weighted by Crippen LogP contribution is 2.34. The first kappa shape index (κ1) is 20.9. The topological polar surface area (TPSA) is 71.8 Å². The summed E-state index contributed by atoms with van der Waals surface area (Å²) >= 11 is 6.44. The number of pyridine rings is 1. The Morgan fingerprint density at radius 1 is 1.17 bits per heavy atom. The van der Waals surface area contributed by atoms with Gasteiger partial charge in [-0.1, -0.05) is 35.9 Å². The normalized spacial score (nSPS) is 10.9. The number of hydrogen-bond donors (Lipinski definition) is 1. The molecule has 29 heavy (non-hydrogen) atoms. The van der Waals surface area contributed by atoms with Crippen LogP contribution in [-0.4, -0.2) is 35.3 Å². The first-order valence-electron chi connectivity index (χ1n) is 9.43. The number of aromatic nitrogens is 1. The maximum Gasteiger partial charge on any atom is 0.267 e. The number of aryl methyl sites for hydroxylation is 1. The van der Waals surface area contributed by atoms with Gasteiger partial charge in [0.05, 0.1) is 22.5 Å². The molecule has 0 aliphatic heterocycles. The van der Waals surface area contributed by atoms with Crippen molar-refractivity contribution < 1.29 is 14.6 Å². The van der Waals surface area contributed by atoms with E-state index < -0.39 is 11.5 Å². The van der Waals surface area contributed by atoms with Crippen molar-refractivity contribution in [2.45, 2.75) is 13.3 Å². The molecule has 1 heterocycles. The summed E-state index contributed by atoms with van der Waals surface area (Å²) in [6.45, 7) is 2.31. The predicted octanol–water partition coefficient (Wildman–Crippen LogP) is 3.62. The molecular formula is C22H23ClN2O4. The van der Waals surface area contributed by atoms with Gasteiger partial charge in [0.2, 0.25) is 0 Å². The van der Waals surface area contributed by atoms with Crippen LogP contribution >= 0.6 is 11.6 Å². The average molecular weight is 415 g/mol. The maximum atomic E-state index is 13.5. The number of amides is 1. The summed E-state index contributed by atoms with van der Waals surface area (Å²) in [6.07, 6.45) is 0.366. The van der Waals surface area contributed by atoms with E-state index in [-0.39, 0.29) is 24.5 Å². The number of ether oxygens (including phenoxy) is 1. The molecule has 0 aliphatic rings. The van der Waals surface area contributed by atoms with Gasteiger partial charge < -0.3 is 19.3 Å². The SMILES string of the molecule is CCN(C(=O)c1c(OCCCO)c2c(Cl)cccc2n(C)c1=O)c1ccccc1. The Balaban J connectivity index is 2.26. The Labute approximate surface area is 173 Å². The van der Waals surface area contributed by atoms with Crippen molar-refractivity contribution in [3.63, 3.8) is 0 Å². The van der Waals surface area contributed by atoms with E-state index in [9.17, 15) is 9.59 Å². The Morgan fingerprint density at radius 3 is 2.55 bits per heavy atom. The van der Waals surface area contributed by atoms with Crippen LogP contribution in [0.15, 0.2) is 53.3 Å². The zero-order chi connectivity index (χ0) is 21.0. The monoisotopic (exact) mass is 414 g/mol. The Morgan fingerprint density at radius 2 is 1.90 bits per heavy atom. The van der Waals surface area contributed by atoms with Gasteiger partial charge in [-0.05, 0) is 31.2 Å². The van der Waals surface area contributed by atoms with E-state index >= 15 is 0 Å². The van der Waals surface area contributed by atoms with Gasteiger partial charge in [0.25, 0.3) is 11.5 Å². The molecule has 0 radical (unpaired) electrons. The molecule has 0 saturated carbocycles. The Bertz CT molecular complexity index is 1080. The fourth-order valence-electron chi connectivity index (χ4n) is 3.27. The zero-order valence-electron chi connectivity index (χ0n) is 16.4. The second-order valence-corrected chi connectivity index (χ2v) is 6.92. The smallest absolute Gasteiger partial charge is 0.267 e. The lowest BCUT2D eigenvalue weighted by molar-refractivity contribution is 0.0982. The lowest BCUT2D eigenvalue weighted by atomic mass is 10.1. The highest BCUT2D eigenvalue weighted by molar-refractivity contribution is 6.36. The number of aliphatic hydroxyl groups excluding tert-OH is 1. The minimum Gasteiger partial charge on any atom is -0.492 e. The lowest BCUT2D eigenvalue weighted by Gasteiger charge is -2.23. The van der Waals surface area contributed by atoms with E-state index in [1.165, 1.54) is 9.47 Å². The summed E-state index contributed by atoms with van der Waals surface area (Å²) in [5.41, 5.74) is 0.721. The van der Waals surface area contributed by atoms with Gasteiger partial charge >= 0.3 is 0 Å². The van der Waals surface area contributed by atoms with Crippen molar-refractivity contribution in [2.24, 2.45) is 7.05 Å². The number of anilines is 1. The molecule has 2 aromatic carbocycles. The van der Waals surface area contributed by atoms with Gasteiger partial charge in [-0.2, -0.15) is 0 Å². The second-order valence-electron chi connectivity index (χ2n) is 6.51. The van der Waals surface area contributed by atoms with Crippen molar-refractivity contribution in [3.8, 4) is 5.75 Å². The van der Waals surface area contributed by atoms with Crippen molar-refractivity contribution in [2.75, 3.05) is 24.7 Å². The van der Waals surface area contributed by atoms with Gasteiger partial charge in [0.15, 0.2) is 0 Å². The van der Waals surface area contributed by atoms with E-state index in [0.717, 1.165) is 0 Å². The van der Waals surface area contributed by atoms with Crippen LogP contribution in [-0.2, 0) is 7.05 Å². The summed E-state index contributed by atoms with van der Waals surface area (Å²) < 4.78 is 7.26. The van der Waals surface area contributed by atoms with Gasteiger partial charge in [-0.3, -0.25) is 9.59 Å². The largest absolute Gasteiger partial charge is 0.492 e. The average Bonchev–Trinajstić information content (AvgIpc) is 2.73. The van der Waals surface area contributed by atoms with Crippen LogP contribution in [0.5, 0.6) is 5.75 Å². The number of halogens is 1. The molecule has 0 unspecified atom stereocenters. The van der Waals surface area contributed by atoms with Gasteiger partial charge in [-0.15, -0.1) is 0 Å². The molecule has 0 bridgehead atoms. The third-order valence-electron chi connectivity index (χ3n) is 4.72. The van der Waals surface area contributed by atoms with Crippen LogP contribution < -0.4 is 15.2 Å². The molecule has 152 valence electrons. The van der Waals surface area contributed by atoms with E-state index in [2.05, 4.69) is 0 Å². The number of hydrogen-bond acceptors (Lipinski definition) is 4. The van der Waals surface area contributed by atoms with Crippen LogP contribution in [0.3, 0.4) is 0 Å². The fourth-order valence-corrected chi connectivity index (χ4v) is 3.53. The maximum absolute atomic E-state index is 13.5. The molecule has 0 spiro atoms. The first-order valence-corrected chi connectivity index (χ1v) is 9.80. The number of para-hydroxylation sites is 1. The third-order valence-corrected chi connectivity index (χ3v) is 5.03. The minimum atomic E-state index is -0.460. The van der Waals surface area contributed by atoms with Crippen molar-refractivity contribution >= 4 is 34.1 Å². The molecule has 1 aromatic heterocycles. The van der Waals surface area contributed by atoms with Gasteiger partial charge in [-0.25, -0.2) is 0 Å². The van der Waals surface area contributed by atoms with E-state index in [1.54, 1.807) is 25.2 Å². The van der Waals surface area contributed by atoms with Crippen LogP contribution in [0.2, 0.25) is 5.02 Å². The van der Waals surface area contributed by atoms with Crippen molar-refractivity contribution in [1.29, 1.82) is 0 Å². The minimum absolute atomic E-state index is 0.0646. The van der Waals surface area contributed by atoms with Gasteiger partial charge in [0, 0.05) is 32.3 Å². The summed E-state index contributed by atoms with van der Waals surface area (Å²) in [5, 5.41) is 10.0. The molecule has 6 nitrogen and oxygen atoms in total. The third kappa shape index (κ3) is 3.99. The summed E-state index contributed by atoms with van der Waals surface area (Å²) in [5.74, 6) is -0.304. The number of aliphatic hydroxyl groups is 1. The summed E-state index contributed by atoms with van der Waals surface area (Å²) in [6, 6.07) is 14.3.